The van der Waals surface area contributed by atoms with E-state index < -0.39 is 16.4 Å². The van der Waals surface area contributed by atoms with Gasteiger partial charge in [0, 0.05) is 36.2 Å². The van der Waals surface area contributed by atoms with Gasteiger partial charge in [0.15, 0.2) is 5.12 Å². The predicted molar refractivity (Wildman–Crippen MR) is 78.8 cm³/mol. The molecule has 112 valence electrons. The fourth-order valence-corrected chi connectivity index (χ4v) is 3.26. The first-order valence-electron chi connectivity index (χ1n) is 5.94. The number of amides is 1. The number of anilines is 1. The van der Waals surface area contributed by atoms with Crippen LogP contribution in [0.2, 0.25) is 5.02 Å². The van der Waals surface area contributed by atoms with E-state index in [1.54, 1.807) is 0 Å². The normalized spacial score (nSPS) is 18.1. The molecular formula is C12H11ClN2O5S. The highest BCUT2D eigenvalue weighted by molar-refractivity contribution is 8.14. The third-order valence-electron chi connectivity index (χ3n) is 2.94. The molecule has 0 aromatic heterocycles. The Morgan fingerprint density at radius 1 is 1.57 bits per heavy atom. The van der Waals surface area contributed by atoms with Crippen LogP contribution in [0.25, 0.3) is 0 Å². The molecule has 1 unspecified atom stereocenters. The zero-order chi connectivity index (χ0) is 15.7. The fourth-order valence-electron chi connectivity index (χ4n) is 2.14. The van der Waals surface area contributed by atoms with Gasteiger partial charge in [0.1, 0.15) is 0 Å². The standard InChI is InChI=1S/C12H11ClN2O5S/c1-6(16)21-8-4-11(17)14(5-8)9-2-7(13)3-10(12(9)18)15(19)20/h2-3,8,18H,4-5H2,1H3. The molecule has 1 aromatic carbocycles. The number of nitro benzene ring substituents is 1. The Kier molecular flexibility index (Phi) is 4.38. The fraction of sp³-hybridized carbons (Fsp3) is 0.333. The van der Waals surface area contributed by atoms with E-state index in [9.17, 15) is 24.8 Å². The van der Waals surface area contributed by atoms with Crippen molar-refractivity contribution in [1.82, 2.24) is 0 Å². The lowest BCUT2D eigenvalue weighted by atomic mass is 10.2. The Labute approximate surface area is 129 Å². The number of nitro groups is 1. The number of rotatable bonds is 3. The van der Waals surface area contributed by atoms with E-state index in [1.807, 2.05) is 0 Å². The van der Waals surface area contributed by atoms with Crippen molar-refractivity contribution >= 4 is 45.8 Å². The average molecular weight is 331 g/mol. The number of carbonyl (C=O) groups excluding carboxylic acids is 2. The van der Waals surface area contributed by atoms with Gasteiger partial charge in [0.2, 0.25) is 11.7 Å². The van der Waals surface area contributed by atoms with Crippen LogP contribution in [0.5, 0.6) is 5.75 Å². The molecule has 2 rings (SSSR count). The maximum Gasteiger partial charge on any atom is 0.314 e. The topological polar surface area (TPSA) is 101 Å². The first-order chi connectivity index (χ1) is 9.79. The first kappa shape index (κ1) is 15.6. The van der Waals surface area contributed by atoms with E-state index in [-0.39, 0.29) is 39.9 Å². The van der Waals surface area contributed by atoms with E-state index in [1.165, 1.54) is 17.9 Å². The second-order valence-electron chi connectivity index (χ2n) is 4.49. The minimum Gasteiger partial charge on any atom is -0.501 e. The van der Waals surface area contributed by atoms with Crippen LogP contribution in [0.3, 0.4) is 0 Å². The second kappa shape index (κ2) is 5.90. The minimum atomic E-state index is -0.771. The number of benzene rings is 1. The number of phenolic OH excluding ortho intramolecular Hbond substituents is 1. The van der Waals surface area contributed by atoms with Crippen LogP contribution < -0.4 is 4.90 Å². The molecule has 0 radical (unpaired) electrons. The van der Waals surface area contributed by atoms with E-state index in [2.05, 4.69) is 0 Å². The van der Waals surface area contributed by atoms with Gasteiger partial charge in [-0.15, -0.1) is 0 Å². The van der Waals surface area contributed by atoms with Crippen molar-refractivity contribution in [3.63, 3.8) is 0 Å². The molecule has 9 heteroatoms. The Hall–Kier alpha value is -1.80. The molecule has 1 heterocycles. The number of nitrogens with zero attached hydrogens (tertiary/aromatic N) is 2. The monoisotopic (exact) mass is 330 g/mol. The molecule has 1 saturated heterocycles. The second-order valence-corrected chi connectivity index (χ2v) is 6.40. The van der Waals surface area contributed by atoms with Gasteiger partial charge in [-0.1, -0.05) is 23.4 Å². The third kappa shape index (κ3) is 3.27. The lowest BCUT2D eigenvalue weighted by Gasteiger charge is -2.18. The highest BCUT2D eigenvalue weighted by atomic mass is 35.5. The van der Waals surface area contributed by atoms with Crippen LogP contribution in [0, 0.1) is 10.1 Å². The van der Waals surface area contributed by atoms with Gasteiger partial charge < -0.3 is 10.0 Å². The maximum atomic E-state index is 12.0. The van der Waals surface area contributed by atoms with Crippen molar-refractivity contribution in [1.29, 1.82) is 0 Å². The number of aromatic hydroxyl groups is 1. The summed E-state index contributed by atoms with van der Waals surface area (Å²) in [5, 5.41) is 20.5. The Balaban J connectivity index is 2.36. The molecule has 0 aliphatic carbocycles. The summed E-state index contributed by atoms with van der Waals surface area (Å²) in [7, 11) is 0. The number of hydrogen-bond donors (Lipinski definition) is 1. The lowest BCUT2D eigenvalue weighted by Crippen LogP contribution is -2.25. The lowest BCUT2D eigenvalue weighted by molar-refractivity contribution is -0.385. The molecule has 1 N–H and O–H groups in total. The number of phenols is 1. The average Bonchev–Trinajstić information content (AvgIpc) is 2.71. The van der Waals surface area contributed by atoms with Crippen LogP contribution in [-0.4, -0.2) is 32.8 Å². The molecule has 7 nitrogen and oxygen atoms in total. The molecule has 1 aliphatic heterocycles. The molecule has 1 aromatic rings. The van der Waals surface area contributed by atoms with E-state index in [4.69, 9.17) is 11.6 Å². The molecule has 0 saturated carbocycles. The number of carbonyl (C=O) groups is 2. The minimum absolute atomic E-state index is 0.00847. The van der Waals surface area contributed by atoms with E-state index in [0.29, 0.717) is 0 Å². The molecule has 1 atom stereocenters. The molecule has 0 spiro atoms. The quantitative estimate of drug-likeness (QED) is 0.674. The van der Waals surface area contributed by atoms with Crippen molar-refractivity contribution in [2.45, 2.75) is 18.6 Å². The zero-order valence-corrected chi connectivity index (χ0v) is 12.5. The Morgan fingerprint density at radius 2 is 2.24 bits per heavy atom. The van der Waals surface area contributed by atoms with Gasteiger partial charge in [0.25, 0.3) is 0 Å². The smallest absolute Gasteiger partial charge is 0.314 e. The Morgan fingerprint density at radius 3 is 2.81 bits per heavy atom. The van der Waals surface area contributed by atoms with Crippen LogP contribution in [0.15, 0.2) is 12.1 Å². The predicted octanol–water partition coefficient (Wildman–Crippen LogP) is 2.34. The maximum absolute atomic E-state index is 12.0. The molecule has 0 bridgehead atoms. The van der Waals surface area contributed by atoms with Crippen molar-refractivity contribution in [2.24, 2.45) is 0 Å². The van der Waals surface area contributed by atoms with Crippen LogP contribution in [-0.2, 0) is 9.59 Å². The summed E-state index contributed by atoms with van der Waals surface area (Å²) in [5.74, 6) is -0.924. The van der Waals surface area contributed by atoms with E-state index >= 15 is 0 Å². The summed E-state index contributed by atoms with van der Waals surface area (Å²) in [6, 6.07) is 2.31. The summed E-state index contributed by atoms with van der Waals surface area (Å²) in [4.78, 5) is 34.4. The summed E-state index contributed by atoms with van der Waals surface area (Å²) in [6.45, 7) is 1.59. The zero-order valence-electron chi connectivity index (χ0n) is 10.9. The van der Waals surface area contributed by atoms with Gasteiger partial charge in [-0.25, -0.2) is 0 Å². The van der Waals surface area contributed by atoms with Crippen molar-refractivity contribution in [2.75, 3.05) is 11.4 Å². The summed E-state index contributed by atoms with van der Waals surface area (Å²) < 4.78 is 0. The van der Waals surface area contributed by atoms with E-state index in [0.717, 1.165) is 17.8 Å². The highest BCUT2D eigenvalue weighted by Crippen LogP contribution is 2.41. The molecular weight excluding hydrogens is 320 g/mol. The summed E-state index contributed by atoms with van der Waals surface area (Å²) >= 11 is 6.83. The van der Waals surface area contributed by atoms with Crippen molar-refractivity contribution < 1.29 is 19.6 Å². The van der Waals surface area contributed by atoms with Gasteiger partial charge in [-0.05, 0) is 6.07 Å². The van der Waals surface area contributed by atoms with Crippen LogP contribution >= 0.6 is 23.4 Å². The van der Waals surface area contributed by atoms with Crippen LogP contribution in [0.4, 0.5) is 11.4 Å². The van der Waals surface area contributed by atoms with Crippen molar-refractivity contribution in [3.05, 3.63) is 27.3 Å². The number of thioether (sulfide) groups is 1. The van der Waals surface area contributed by atoms with Gasteiger partial charge in [-0.3, -0.25) is 19.7 Å². The number of halogens is 1. The summed E-state index contributed by atoms with van der Waals surface area (Å²) in [6.07, 6.45) is 0.129. The molecule has 1 fully saturated rings. The number of hydrogen-bond acceptors (Lipinski definition) is 6. The first-order valence-corrected chi connectivity index (χ1v) is 7.20. The third-order valence-corrected chi connectivity index (χ3v) is 4.14. The van der Waals surface area contributed by atoms with Gasteiger partial charge in [-0.2, -0.15) is 0 Å². The SMILES string of the molecule is CC(=O)SC1CC(=O)N(c2cc(Cl)cc([N+](=O)[O-])c2O)C1. The summed E-state index contributed by atoms with van der Waals surface area (Å²) in [5.41, 5.74) is -0.571. The van der Waals surface area contributed by atoms with Crippen molar-refractivity contribution in [3.8, 4) is 5.75 Å². The molecule has 1 aliphatic rings. The Bertz CT molecular complexity index is 636. The highest BCUT2D eigenvalue weighted by Gasteiger charge is 2.35. The molecule has 21 heavy (non-hydrogen) atoms. The van der Waals surface area contributed by atoms with Gasteiger partial charge in [0.05, 0.1) is 10.6 Å². The van der Waals surface area contributed by atoms with Crippen LogP contribution in [0.1, 0.15) is 13.3 Å². The largest absolute Gasteiger partial charge is 0.501 e. The molecule has 1 amide bonds. The van der Waals surface area contributed by atoms with Gasteiger partial charge >= 0.3 is 5.69 Å².